The topological polar surface area (TPSA) is 58.2 Å². The molecule has 0 aliphatic rings. The summed E-state index contributed by atoms with van der Waals surface area (Å²) >= 11 is 6.37. The van der Waals surface area contributed by atoms with Crippen LogP contribution in [0.25, 0.3) is 0 Å². The van der Waals surface area contributed by atoms with Crippen LogP contribution in [0.5, 0.6) is 0 Å². The van der Waals surface area contributed by atoms with Gasteiger partial charge in [0.05, 0.1) is 0 Å². The van der Waals surface area contributed by atoms with Crippen molar-refractivity contribution in [3.63, 3.8) is 0 Å². The van der Waals surface area contributed by atoms with Crippen LogP contribution in [0.15, 0.2) is 0 Å². The molecule has 0 heterocycles. The first-order valence-corrected chi connectivity index (χ1v) is 7.02. The lowest BCUT2D eigenvalue weighted by molar-refractivity contribution is -0.123. The summed E-state index contributed by atoms with van der Waals surface area (Å²) in [6.07, 6.45) is 0.918. The molecule has 0 spiro atoms. The van der Waals surface area contributed by atoms with Crippen molar-refractivity contribution in [3.05, 3.63) is 0 Å². The molecule has 88 valence electrons. The van der Waals surface area contributed by atoms with Crippen LogP contribution < -0.4 is 10.6 Å². The van der Waals surface area contributed by atoms with E-state index in [9.17, 15) is 9.59 Å². The SMILES string of the molecule is C[C@@H](CNC(=O)CCBr)NC(=O)CCBr. The molecule has 1 atom stereocenters. The average molecular weight is 344 g/mol. The Bertz CT molecular complexity index is 212. The van der Waals surface area contributed by atoms with Crippen molar-refractivity contribution in [1.82, 2.24) is 10.6 Å². The maximum atomic E-state index is 11.2. The Morgan fingerprint density at radius 1 is 1.13 bits per heavy atom. The van der Waals surface area contributed by atoms with Crippen molar-refractivity contribution >= 4 is 43.7 Å². The minimum Gasteiger partial charge on any atom is -0.354 e. The number of carbonyl (C=O) groups excluding carboxylic acids is 2. The van der Waals surface area contributed by atoms with Gasteiger partial charge >= 0.3 is 0 Å². The van der Waals surface area contributed by atoms with E-state index >= 15 is 0 Å². The third-order valence-corrected chi connectivity index (χ3v) is 2.45. The second-order valence-electron chi connectivity index (χ2n) is 3.15. The maximum absolute atomic E-state index is 11.2. The molecule has 0 aliphatic carbocycles. The average Bonchev–Trinajstić information content (AvgIpc) is 2.15. The van der Waals surface area contributed by atoms with Crippen LogP contribution >= 0.6 is 31.9 Å². The second kappa shape index (κ2) is 9.15. The minimum atomic E-state index is -0.0316. The molecule has 0 unspecified atom stereocenters. The largest absolute Gasteiger partial charge is 0.354 e. The smallest absolute Gasteiger partial charge is 0.221 e. The first-order valence-electron chi connectivity index (χ1n) is 4.78. The van der Waals surface area contributed by atoms with Crippen LogP contribution in [-0.2, 0) is 9.59 Å². The minimum absolute atomic E-state index is 0.00545. The lowest BCUT2D eigenvalue weighted by atomic mass is 10.3. The Hall–Kier alpha value is -0.100. The highest BCUT2D eigenvalue weighted by Gasteiger charge is 2.07. The predicted molar refractivity (Wildman–Crippen MR) is 67.4 cm³/mol. The summed E-state index contributed by atoms with van der Waals surface area (Å²) in [5, 5.41) is 6.83. The number of carbonyl (C=O) groups is 2. The molecule has 15 heavy (non-hydrogen) atoms. The van der Waals surface area contributed by atoms with Crippen molar-refractivity contribution in [1.29, 1.82) is 0 Å². The van der Waals surface area contributed by atoms with Crippen LogP contribution in [0.1, 0.15) is 19.8 Å². The highest BCUT2D eigenvalue weighted by Crippen LogP contribution is 1.90. The van der Waals surface area contributed by atoms with E-state index in [1.165, 1.54) is 0 Å². The molecule has 0 fully saturated rings. The van der Waals surface area contributed by atoms with Gasteiger partial charge in [0, 0.05) is 36.1 Å². The standard InChI is InChI=1S/C9H16Br2N2O2/c1-7(13-9(15)3-5-11)6-12-8(14)2-4-10/h7H,2-6H2,1H3,(H,12,14)(H,13,15)/t7-/m0/s1. The maximum Gasteiger partial charge on any atom is 0.221 e. The van der Waals surface area contributed by atoms with Gasteiger partial charge in [0.25, 0.3) is 0 Å². The number of amides is 2. The van der Waals surface area contributed by atoms with Crippen LogP contribution in [0.4, 0.5) is 0 Å². The normalized spacial score (nSPS) is 11.9. The van der Waals surface area contributed by atoms with E-state index in [1.807, 2.05) is 6.92 Å². The molecule has 6 heteroatoms. The Balaban J connectivity index is 3.60. The van der Waals surface area contributed by atoms with Crippen LogP contribution in [0.3, 0.4) is 0 Å². The van der Waals surface area contributed by atoms with E-state index in [0.717, 1.165) is 0 Å². The molecule has 0 bridgehead atoms. The number of hydrogen-bond acceptors (Lipinski definition) is 2. The summed E-state index contributed by atoms with van der Waals surface area (Å²) in [7, 11) is 0. The molecule has 0 aromatic carbocycles. The van der Waals surface area contributed by atoms with E-state index in [2.05, 4.69) is 42.5 Å². The first kappa shape index (κ1) is 14.9. The van der Waals surface area contributed by atoms with E-state index < -0.39 is 0 Å². The zero-order chi connectivity index (χ0) is 11.7. The fourth-order valence-corrected chi connectivity index (χ4v) is 1.65. The van der Waals surface area contributed by atoms with Gasteiger partial charge in [0.1, 0.15) is 0 Å². The van der Waals surface area contributed by atoms with Gasteiger partial charge in [-0.05, 0) is 6.92 Å². The lowest BCUT2D eigenvalue weighted by Crippen LogP contribution is -2.41. The van der Waals surface area contributed by atoms with Gasteiger partial charge in [-0.2, -0.15) is 0 Å². The molecule has 4 nitrogen and oxygen atoms in total. The van der Waals surface area contributed by atoms with Gasteiger partial charge in [-0.15, -0.1) is 0 Å². The highest BCUT2D eigenvalue weighted by molar-refractivity contribution is 9.09. The fourth-order valence-electron chi connectivity index (χ4n) is 0.925. The highest BCUT2D eigenvalue weighted by atomic mass is 79.9. The molecule has 0 saturated carbocycles. The Labute approximate surface area is 107 Å². The van der Waals surface area contributed by atoms with Crippen LogP contribution in [0, 0.1) is 0 Å². The number of halogens is 2. The number of nitrogens with one attached hydrogen (secondary N) is 2. The van der Waals surface area contributed by atoms with Crippen molar-refractivity contribution < 1.29 is 9.59 Å². The van der Waals surface area contributed by atoms with Crippen LogP contribution in [0.2, 0.25) is 0 Å². The zero-order valence-electron chi connectivity index (χ0n) is 8.69. The number of alkyl halides is 2. The third kappa shape index (κ3) is 8.87. The summed E-state index contributed by atoms with van der Waals surface area (Å²) in [4.78, 5) is 22.3. The summed E-state index contributed by atoms with van der Waals surface area (Å²) < 4.78 is 0. The Morgan fingerprint density at radius 3 is 2.20 bits per heavy atom. The number of hydrogen-bond donors (Lipinski definition) is 2. The fraction of sp³-hybridized carbons (Fsp3) is 0.778. The molecule has 0 aliphatic heterocycles. The molecular weight excluding hydrogens is 328 g/mol. The lowest BCUT2D eigenvalue weighted by Gasteiger charge is -2.14. The van der Waals surface area contributed by atoms with Gasteiger partial charge in [-0.25, -0.2) is 0 Å². The molecule has 0 radical (unpaired) electrons. The summed E-state index contributed by atoms with van der Waals surface area (Å²) in [5.41, 5.74) is 0. The second-order valence-corrected chi connectivity index (χ2v) is 4.74. The van der Waals surface area contributed by atoms with Crippen molar-refractivity contribution in [2.24, 2.45) is 0 Å². The van der Waals surface area contributed by atoms with Gasteiger partial charge in [0.15, 0.2) is 0 Å². The van der Waals surface area contributed by atoms with Gasteiger partial charge < -0.3 is 10.6 Å². The van der Waals surface area contributed by atoms with Gasteiger partial charge in [-0.3, -0.25) is 9.59 Å². The Morgan fingerprint density at radius 2 is 1.67 bits per heavy atom. The molecule has 2 amide bonds. The summed E-state index contributed by atoms with van der Waals surface area (Å²) in [6, 6.07) is -0.0316. The van der Waals surface area contributed by atoms with E-state index in [0.29, 0.717) is 30.0 Å². The zero-order valence-corrected chi connectivity index (χ0v) is 11.9. The van der Waals surface area contributed by atoms with Gasteiger partial charge in [0.2, 0.25) is 11.8 Å². The summed E-state index contributed by atoms with van der Waals surface area (Å²) in [5.74, 6) is -0.0115. The monoisotopic (exact) mass is 342 g/mol. The van der Waals surface area contributed by atoms with Crippen molar-refractivity contribution in [2.75, 3.05) is 17.2 Å². The number of rotatable bonds is 7. The molecule has 0 aromatic rings. The third-order valence-electron chi connectivity index (χ3n) is 1.66. The van der Waals surface area contributed by atoms with E-state index in [1.54, 1.807) is 0 Å². The molecular formula is C9H16Br2N2O2. The van der Waals surface area contributed by atoms with Crippen molar-refractivity contribution in [2.45, 2.75) is 25.8 Å². The van der Waals surface area contributed by atoms with Gasteiger partial charge in [-0.1, -0.05) is 31.9 Å². The summed E-state index contributed by atoms with van der Waals surface area (Å²) in [6.45, 7) is 2.33. The molecule has 0 rings (SSSR count). The van der Waals surface area contributed by atoms with Crippen LogP contribution in [-0.4, -0.2) is 35.1 Å². The molecule has 2 N–H and O–H groups in total. The predicted octanol–water partition coefficient (Wildman–Crippen LogP) is 1.18. The first-order chi connectivity index (χ1) is 7.10. The van der Waals surface area contributed by atoms with Crippen molar-refractivity contribution in [3.8, 4) is 0 Å². The Kier molecular flexibility index (Phi) is 9.09. The molecule has 0 aromatic heterocycles. The molecule has 0 saturated heterocycles. The quantitative estimate of drug-likeness (QED) is 0.682. The van der Waals surface area contributed by atoms with E-state index in [-0.39, 0.29) is 17.9 Å². The van der Waals surface area contributed by atoms with E-state index in [4.69, 9.17) is 0 Å².